The number of carbonyl (C=O) groups is 4. The highest BCUT2D eigenvalue weighted by molar-refractivity contribution is 5.85. The number of carboxylic acids is 1. The number of carboxylic acid groups (broad SMARTS) is 1. The molecule has 9 nitrogen and oxygen atoms in total. The Morgan fingerprint density at radius 3 is 2.18 bits per heavy atom. The Kier molecular flexibility index (Phi) is 9.84. The molecule has 2 aliphatic heterocycles. The van der Waals surface area contributed by atoms with E-state index >= 15 is 0 Å². The van der Waals surface area contributed by atoms with Crippen LogP contribution in [0.5, 0.6) is 0 Å². The van der Waals surface area contributed by atoms with Crippen molar-refractivity contribution in [1.29, 1.82) is 0 Å². The summed E-state index contributed by atoms with van der Waals surface area (Å²) in [6.45, 7) is 1.08. The first-order chi connectivity index (χ1) is 18.9. The first-order valence-corrected chi connectivity index (χ1v) is 13.7. The summed E-state index contributed by atoms with van der Waals surface area (Å²) in [5, 5.41) is 12.4. The minimum absolute atomic E-state index is 0.183. The van der Waals surface area contributed by atoms with Gasteiger partial charge in [0.1, 0.15) is 6.29 Å². The van der Waals surface area contributed by atoms with Gasteiger partial charge in [-0.05, 0) is 56.2 Å². The summed E-state index contributed by atoms with van der Waals surface area (Å²) in [6, 6.07) is 16.2. The zero-order valence-corrected chi connectivity index (χ0v) is 22.2. The van der Waals surface area contributed by atoms with E-state index in [9.17, 15) is 24.3 Å². The van der Waals surface area contributed by atoms with E-state index in [1.165, 1.54) is 0 Å². The van der Waals surface area contributed by atoms with Gasteiger partial charge in [0.05, 0.1) is 30.6 Å². The highest BCUT2D eigenvalue weighted by Gasteiger charge is 2.44. The van der Waals surface area contributed by atoms with Gasteiger partial charge in [-0.1, -0.05) is 60.7 Å². The number of carbonyl (C=O) groups excluding carboxylic acids is 3. The Hall–Kier alpha value is -3.56. The summed E-state index contributed by atoms with van der Waals surface area (Å²) in [4.78, 5) is 54.4. The first kappa shape index (κ1) is 28.4. The molecule has 208 valence electrons. The predicted octanol–water partition coefficient (Wildman–Crippen LogP) is 1.78. The maximum Gasteiger partial charge on any atom is 0.305 e. The Bertz CT molecular complexity index is 1130. The number of likely N-dealkylation sites (tertiary alicyclic amines) is 2. The fourth-order valence-electron chi connectivity index (χ4n) is 5.99. The summed E-state index contributed by atoms with van der Waals surface area (Å²) in [6.07, 6.45) is 4.18. The van der Waals surface area contributed by atoms with Crippen LogP contribution >= 0.6 is 0 Å². The molecular weight excluding hydrogens is 496 g/mol. The van der Waals surface area contributed by atoms with E-state index in [0.29, 0.717) is 38.8 Å². The van der Waals surface area contributed by atoms with E-state index < -0.39 is 30.1 Å². The van der Waals surface area contributed by atoms with E-state index in [1.54, 1.807) is 4.90 Å². The molecule has 4 rings (SSSR count). The predicted molar refractivity (Wildman–Crippen MR) is 147 cm³/mol. The molecule has 4 N–H and O–H groups in total. The van der Waals surface area contributed by atoms with Gasteiger partial charge in [-0.2, -0.15) is 0 Å². The summed E-state index contributed by atoms with van der Waals surface area (Å²) in [7, 11) is 0. The van der Waals surface area contributed by atoms with E-state index in [2.05, 4.69) is 5.32 Å². The minimum atomic E-state index is -0.989. The number of hydrogen-bond donors (Lipinski definition) is 3. The van der Waals surface area contributed by atoms with E-state index in [4.69, 9.17) is 5.73 Å². The molecule has 5 atom stereocenters. The van der Waals surface area contributed by atoms with E-state index in [0.717, 1.165) is 30.3 Å². The molecule has 0 aromatic heterocycles. The third-order valence-corrected chi connectivity index (χ3v) is 7.80. The molecule has 0 saturated carbocycles. The van der Waals surface area contributed by atoms with Crippen molar-refractivity contribution in [3.05, 3.63) is 71.8 Å². The topological polar surface area (TPSA) is 133 Å². The second-order valence-electron chi connectivity index (χ2n) is 10.6. The number of nitrogens with two attached hydrogens (primary N) is 1. The monoisotopic (exact) mass is 534 g/mol. The molecule has 2 aliphatic rings. The number of nitrogens with one attached hydrogen (secondary N) is 1. The lowest BCUT2D eigenvalue weighted by atomic mass is 10.0. The fraction of sp³-hybridized carbons (Fsp3) is 0.467. The molecule has 0 spiro atoms. The van der Waals surface area contributed by atoms with Gasteiger partial charge in [0.25, 0.3) is 0 Å². The highest BCUT2D eigenvalue weighted by Crippen LogP contribution is 2.29. The second kappa shape index (κ2) is 13.5. The molecule has 2 aromatic rings. The molecule has 0 aliphatic carbocycles. The lowest BCUT2D eigenvalue weighted by Crippen LogP contribution is -2.58. The average molecular weight is 535 g/mol. The summed E-state index contributed by atoms with van der Waals surface area (Å²) < 4.78 is 0. The SMILES string of the molecule is NC(Cc1ccccc1)C(=O)N1CCCC1C(C=O)N1CCCC1C(=O)NC(CC(=O)O)Cc1ccccc1. The Balaban J connectivity index is 1.44. The molecule has 2 fully saturated rings. The first-order valence-electron chi connectivity index (χ1n) is 13.7. The van der Waals surface area contributed by atoms with Gasteiger partial charge in [-0.15, -0.1) is 0 Å². The quantitative estimate of drug-likeness (QED) is 0.354. The van der Waals surface area contributed by atoms with Crippen molar-refractivity contribution in [3.8, 4) is 0 Å². The molecule has 0 bridgehead atoms. The third-order valence-electron chi connectivity index (χ3n) is 7.80. The zero-order chi connectivity index (χ0) is 27.8. The van der Waals surface area contributed by atoms with Gasteiger partial charge < -0.3 is 25.9 Å². The van der Waals surface area contributed by atoms with Crippen molar-refractivity contribution >= 4 is 24.1 Å². The van der Waals surface area contributed by atoms with Crippen molar-refractivity contribution in [2.75, 3.05) is 13.1 Å². The Morgan fingerprint density at radius 1 is 0.949 bits per heavy atom. The van der Waals surface area contributed by atoms with Gasteiger partial charge in [0.2, 0.25) is 11.8 Å². The van der Waals surface area contributed by atoms with Crippen LogP contribution in [0.15, 0.2) is 60.7 Å². The lowest BCUT2D eigenvalue weighted by Gasteiger charge is -2.37. The number of aldehydes is 1. The smallest absolute Gasteiger partial charge is 0.305 e. The molecule has 0 radical (unpaired) electrons. The molecule has 2 saturated heterocycles. The molecule has 39 heavy (non-hydrogen) atoms. The highest BCUT2D eigenvalue weighted by atomic mass is 16.4. The molecule has 2 amide bonds. The Labute approximate surface area is 229 Å². The standard InChI is InChI=1S/C30H38N4O5/c31-24(18-22-11-5-2-6-12-22)30(39)34-16-7-13-25(34)27(20-35)33-15-8-14-26(33)29(38)32-23(19-28(36)37)17-21-9-3-1-4-10-21/h1-6,9-12,20,23-27H,7-8,13-19,31H2,(H,32,38)(H,36,37). The van der Waals surface area contributed by atoms with Crippen LogP contribution in [-0.2, 0) is 32.0 Å². The van der Waals surface area contributed by atoms with Crippen molar-refractivity contribution in [3.63, 3.8) is 0 Å². The molecular formula is C30H38N4O5. The fourth-order valence-corrected chi connectivity index (χ4v) is 5.99. The van der Waals surface area contributed by atoms with E-state index in [1.807, 2.05) is 65.6 Å². The molecule has 2 heterocycles. The van der Waals surface area contributed by atoms with Crippen LogP contribution in [-0.4, -0.2) is 82.3 Å². The van der Waals surface area contributed by atoms with Crippen molar-refractivity contribution in [2.24, 2.45) is 5.73 Å². The van der Waals surface area contributed by atoms with Gasteiger partial charge in [-0.25, -0.2) is 0 Å². The molecule has 9 heteroatoms. The Morgan fingerprint density at radius 2 is 1.56 bits per heavy atom. The lowest BCUT2D eigenvalue weighted by molar-refractivity contribution is -0.138. The summed E-state index contributed by atoms with van der Waals surface area (Å²) >= 11 is 0. The van der Waals surface area contributed by atoms with Crippen LogP contribution in [0.2, 0.25) is 0 Å². The zero-order valence-electron chi connectivity index (χ0n) is 22.2. The van der Waals surface area contributed by atoms with Gasteiger partial charge in [-0.3, -0.25) is 19.3 Å². The van der Waals surface area contributed by atoms with Crippen molar-refractivity contribution in [1.82, 2.24) is 15.1 Å². The van der Waals surface area contributed by atoms with Crippen LogP contribution in [0.1, 0.15) is 43.2 Å². The van der Waals surface area contributed by atoms with Crippen molar-refractivity contribution < 1.29 is 24.3 Å². The van der Waals surface area contributed by atoms with E-state index in [-0.39, 0.29) is 24.3 Å². The summed E-state index contributed by atoms with van der Waals surface area (Å²) in [5.41, 5.74) is 8.23. The molecule has 5 unspecified atom stereocenters. The minimum Gasteiger partial charge on any atom is -0.481 e. The number of hydrogen-bond acceptors (Lipinski definition) is 6. The normalized spacial score (nSPS) is 21.7. The van der Waals surface area contributed by atoms with Gasteiger partial charge in [0.15, 0.2) is 0 Å². The largest absolute Gasteiger partial charge is 0.481 e. The second-order valence-corrected chi connectivity index (χ2v) is 10.6. The number of amides is 2. The van der Waals surface area contributed by atoms with Gasteiger partial charge >= 0.3 is 5.97 Å². The maximum atomic E-state index is 13.4. The van der Waals surface area contributed by atoms with Crippen LogP contribution in [0, 0.1) is 0 Å². The maximum absolute atomic E-state index is 13.4. The van der Waals surface area contributed by atoms with Crippen LogP contribution in [0.3, 0.4) is 0 Å². The molecule has 2 aromatic carbocycles. The third kappa shape index (κ3) is 7.30. The van der Waals surface area contributed by atoms with Crippen LogP contribution in [0.25, 0.3) is 0 Å². The number of aliphatic carboxylic acids is 1. The summed E-state index contributed by atoms with van der Waals surface area (Å²) in [5.74, 6) is -1.45. The van der Waals surface area contributed by atoms with Crippen LogP contribution in [0.4, 0.5) is 0 Å². The van der Waals surface area contributed by atoms with Gasteiger partial charge in [0, 0.05) is 12.6 Å². The number of rotatable bonds is 12. The number of nitrogens with zero attached hydrogens (tertiary/aromatic N) is 2. The number of benzene rings is 2. The van der Waals surface area contributed by atoms with Crippen LogP contribution < -0.4 is 11.1 Å². The van der Waals surface area contributed by atoms with Crippen molar-refractivity contribution in [2.45, 2.75) is 75.2 Å². The average Bonchev–Trinajstić information content (AvgIpc) is 3.60.